The summed E-state index contributed by atoms with van der Waals surface area (Å²) >= 11 is 0. The SMILES string of the molecule is CN(N)Cc1cccc(N)n1. The maximum absolute atomic E-state index is 5.46. The van der Waals surface area contributed by atoms with Gasteiger partial charge in [0.1, 0.15) is 5.82 Å². The molecule has 0 aliphatic rings. The summed E-state index contributed by atoms with van der Waals surface area (Å²) in [6.07, 6.45) is 0. The first kappa shape index (κ1) is 7.97. The lowest BCUT2D eigenvalue weighted by molar-refractivity contribution is 0.337. The Hall–Kier alpha value is -1.13. The van der Waals surface area contributed by atoms with E-state index in [4.69, 9.17) is 11.6 Å². The van der Waals surface area contributed by atoms with Crippen molar-refractivity contribution in [3.05, 3.63) is 23.9 Å². The number of hydrogen-bond donors (Lipinski definition) is 2. The number of anilines is 1. The van der Waals surface area contributed by atoms with E-state index in [1.165, 1.54) is 0 Å². The van der Waals surface area contributed by atoms with Crippen LogP contribution in [0.2, 0.25) is 0 Å². The Labute approximate surface area is 65.8 Å². The topological polar surface area (TPSA) is 68.2 Å². The zero-order chi connectivity index (χ0) is 8.27. The molecule has 0 bridgehead atoms. The van der Waals surface area contributed by atoms with Crippen molar-refractivity contribution in [2.75, 3.05) is 12.8 Å². The average molecular weight is 152 g/mol. The van der Waals surface area contributed by atoms with E-state index < -0.39 is 0 Å². The molecule has 4 N–H and O–H groups in total. The Morgan fingerprint density at radius 3 is 2.82 bits per heavy atom. The molecule has 1 rings (SSSR count). The maximum atomic E-state index is 5.46. The van der Waals surface area contributed by atoms with E-state index in [1.807, 2.05) is 12.1 Å². The van der Waals surface area contributed by atoms with Gasteiger partial charge in [-0.15, -0.1) is 0 Å². The summed E-state index contributed by atoms with van der Waals surface area (Å²) in [4.78, 5) is 4.07. The van der Waals surface area contributed by atoms with Crippen LogP contribution in [0.4, 0.5) is 5.82 Å². The number of nitrogen functional groups attached to an aromatic ring is 1. The van der Waals surface area contributed by atoms with Gasteiger partial charge in [0.15, 0.2) is 0 Å². The Balaban J connectivity index is 2.71. The summed E-state index contributed by atoms with van der Waals surface area (Å²) in [5.41, 5.74) is 6.35. The fourth-order valence-corrected chi connectivity index (χ4v) is 0.842. The van der Waals surface area contributed by atoms with Crippen molar-refractivity contribution in [3.8, 4) is 0 Å². The van der Waals surface area contributed by atoms with Crippen molar-refractivity contribution in [2.45, 2.75) is 6.54 Å². The third-order valence-corrected chi connectivity index (χ3v) is 1.24. The van der Waals surface area contributed by atoms with Crippen molar-refractivity contribution in [1.82, 2.24) is 9.99 Å². The number of hydrazine groups is 1. The van der Waals surface area contributed by atoms with Crippen LogP contribution in [-0.2, 0) is 6.54 Å². The van der Waals surface area contributed by atoms with E-state index >= 15 is 0 Å². The minimum Gasteiger partial charge on any atom is -0.384 e. The molecule has 1 heterocycles. The first-order chi connectivity index (χ1) is 5.18. The van der Waals surface area contributed by atoms with Gasteiger partial charge in [0, 0.05) is 7.05 Å². The number of pyridine rings is 1. The molecule has 0 radical (unpaired) electrons. The molecule has 0 unspecified atom stereocenters. The highest BCUT2D eigenvalue weighted by atomic mass is 15.4. The van der Waals surface area contributed by atoms with Crippen LogP contribution in [0.25, 0.3) is 0 Å². The second-order valence-corrected chi connectivity index (χ2v) is 2.47. The first-order valence-corrected chi connectivity index (χ1v) is 3.36. The largest absolute Gasteiger partial charge is 0.384 e. The molecule has 0 aromatic carbocycles. The van der Waals surface area contributed by atoms with Crippen molar-refractivity contribution >= 4 is 5.82 Å². The van der Waals surface area contributed by atoms with E-state index in [0.29, 0.717) is 12.4 Å². The fraction of sp³-hybridized carbons (Fsp3) is 0.286. The molecule has 60 valence electrons. The highest BCUT2D eigenvalue weighted by molar-refractivity contribution is 5.28. The second kappa shape index (κ2) is 3.32. The summed E-state index contributed by atoms with van der Waals surface area (Å²) in [5.74, 6) is 5.96. The van der Waals surface area contributed by atoms with Crippen molar-refractivity contribution in [1.29, 1.82) is 0 Å². The lowest BCUT2D eigenvalue weighted by Crippen LogP contribution is -2.25. The zero-order valence-corrected chi connectivity index (χ0v) is 6.49. The molecule has 0 amide bonds. The van der Waals surface area contributed by atoms with Crippen LogP contribution in [0.1, 0.15) is 5.69 Å². The number of nitrogens with zero attached hydrogens (tertiary/aromatic N) is 2. The molecule has 0 atom stereocenters. The molecule has 1 aromatic heterocycles. The van der Waals surface area contributed by atoms with E-state index in [0.717, 1.165) is 5.69 Å². The quantitative estimate of drug-likeness (QED) is 0.461. The number of aromatic nitrogens is 1. The van der Waals surface area contributed by atoms with E-state index in [-0.39, 0.29) is 0 Å². The molecule has 0 spiro atoms. The third kappa shape index (κ3) is 2.53. The van der Waals surface area contributed by atoms with Gasteiger partial charge in [0.2, 0.25) is 0 Å². The van der Waals surface area contributed by atoms with Gasteiger partial charge in [-0.05, 0) is 12.1 Å². The minimum atomic E-state index is 0.532. The van der Waals surface area contributed by atoms with E-state index in [2.05, 4.69) is 4.98 Å². The van der Waals surface area contributed by atoms with Crippen LogP contribution >= 0.6 is 0 Å². The van der Waals surface area contributed by atoms with Crippen LogP contribution in [-0.4, -0.2) is 17.0 Å². The fourth-order valence-electron chi connectivity index (χ4n) is 0.842. The third-order valence-electron chi connectivity index (χ3n) is 1.24. The Morgan fingerprint density at radius 2 is 2.27 bits per heavy atom. The molecule has 0 fully saturated rings. The first-order valence-electron chi connectivity index (χ1n) is 3.36. The molecule has 1 aromatic rings. The summed E-state index contributed by atoms with van der Waals surface area (Å²) in [5, 5.41) is 1.56. The van der Waals surface area contributed by atoms with E-state index in [9.17, 15) is 0 Å². The molecular weight excluding hydrogens is 140 g/mol. The second-order valence-electron chi connectivity index (χ2n) is 2.47. The molecule has 0 saturated heterocycles. The van der Waals surface area contributed by atoms with Gasteiger partial charge in [-0.3, -0.25) is 5.84 Å². The number of rotatable bonds is 2. The van der Waals surface area contributed by atoms with Gasteiger partial charge in [-0.25, -0.2) is 9.99 Å². The van der Waals surface area contributed by atoms with E-state index in [1.54, 1.807) is 18.1 Å². The Kier molecular flexibility index (Phi) is 2.40. The Bertz CT molecular complexity index is 234. The molecule has 0 aliphatic carbocycles. The maximum Gasteiger partial charge on any atom is 0.123 e. The lowest BCUT2D eigenvalue weighted by atomic mass is 10.3. The van der Waals surface area contributed by atoms with Crippen LogP contribution < -0.4 is 11.6 Å². The highest BCUT2D eigenvalue weighted by Gasteiger charge is 1.95. The summed E-state index contributed by atoms with van der Waals surface area (Å²) in [7, 11) is 1.78. The van der Waals surface area contributed by atoms with Crippen molar-refractivity contribution < 1.29 is 0 Å². The van der Waals surface area contributed by atoms with Crippen molar-refractivity contribution in [3.63, 3.8) is 0 Å². The van der Waals surface area contributed by atoms with Crippen LogP contribution in [0, 0.1) is 0 Å². The molecule has 11 heavy (non-hydrogen) atoms. The zero-order valence-electron chi connectivity index (χ0n) is 6.49. The minimum absolute atomic E-state index is 0.532. The van der Waals surface area contributed by atoms with Crippen molar-refractivity contribution in [2.24, 2.45) is 5.84 Å². The lowest BCUT2D eigenvalue weighted by Gasteiger charge is -2.08. The van der Waals surface area contributed by atoms with Gasteiger partial charge < -0.3 is 5.73 Å². The normalized spacial score (nSPS) is 10.5. The monoisotopic (exact) mass is 152 g/mol. The molecule has 4 heteroatoms. The van der Waals surface area contributed by atoms with Gasteiger partial charge >= 0.3 is 0 Å². The summed E-state index contributed by atoms with van der Waals surface area (Å²) in [6.45, 7) is 0.616. The molecule has 0 aliphatic heterocycles. The predicted molar refractivity (Wildman–Crippen MR) is 44.3 cm³/mol. The van der Waals surface area contributed by atoms with Gasteiger partial charge in [0.05, 0.1) is 12.2 Å². The van der Waals surface area contributed by atoms with Gasteiger partial charge in [0.25, 0.3) is 0 Å². The van der Waals surface area contributed by atoms with Crippen LogP contribution in [0.15, 0.2) is 18.2 Å². The summed E-state index contributed by atoms with van der Waals surface area (Å²) in [6, 6.07) is 5.50. The molecule has 0 saturated carbocycles. The summed E-state index contributed by atoms with van der Waals surface area (Å²) < 4.78 is 0. The van der Waals surface area contributed by atoms with Crippen LogP contribution in [0.5, 0.6) is 0 Å². The number of nitrogens with two attached hydrogens (primary N) is 2. The highest BCUT2D eigenvalue weighted by Crippen LogP contribution is 2.00. The average Bonchev–Trinajstić information content (AvgIpc) is 1.85. The predicted octanol–water partition coefficient (Wildman–Crippen LogP) is -0.0307. The molecule has 4 nitrogen and oxygen atoms in total. The Morgan fingerprint density at radius 1 is 1.55 bits per heavy atom. The standard InChI is InChI=1S/C7H12N4/c1-11(9)5-6-3-2-4-7(8)10-6/h2-4H,5,9H2,1H3,(H2,8,10). The van der Waals surface area contributed by atoms with Gasteiger partial charge in [-0.1, -0.05) is 6.07 Å². The number of hydrogen-bond acceptors (Lipinski definition) is 4. The van der Waals surface area contributed by atoms with Crippen LogP contribution in [0.3, 0.4) is 0 Å². The molecular formula is C7H12N4. The van der Waals surface area contributed by atoms with Gasteiger partial charge in [-0.2, -0.15) is 0 Å². The smallest absolute Gasteiger partial charge is 0.123 e.